The maximum absolute atomic E-state index is 10.7. The zero-order valence-corrected chi connectivity index (χ0v) is 8.38. The number of carboxylic acids is 1. The van der Waals surface area contributed by atoms with Crippen LogP contribution in [0.1, 0.15) is 22.3 Å². The molecule has 5 nitrogen and oxygen atoms in total. The highest BCUT2D eigenvalue weighted by Crippen LogP contribution is 2.19. The van der Waals surface area contributed by atoms with Crippen LogP contribution in [0.25, 0.3) is 6.08 Å². The molecule has 0 unspecified atom stereocenters. The number of carbonyl (C=O) groups excluding carboxylic acids is 1. The summed E-state index contributed by atoms with van der Waals surface area (Å²) in [6.45, 7) is 0. The smallest absolute Gasteiger partial charge is 0.339 e. The number of phenols is 1. The van der Waals surface area contributed by atoms with Gasteiger partial charge in [0.05, 0.1) is 0 Å². The van der Waals surface area contributed by atoms with Gasteiger partial charge < -0.3 is 15.9 Å². The number of hydrogen-bond donors (Lipinski definition) is 3. The van der Waals surface area contributed by atoms with Gasteiger partial charge in [0, 0.05) is 6.42 Å². The van der Waals surface area contributed by atoms with Crippen molar-refractivity contribution in [3.8, 4) is 5.75 Å². The normalized spacial score (nSPS) is 10.5. The highest BCUT2D eigenvalue weighted by atomic mass is 16.4. The summed E-state index contributed by atoms with van der Waals surface area (Å²) < 4.78 is 0. The molecule has 0 aliphatic rings. The first-order valence-corrected chi connectivity index (χ1v) is 4.52. The molecule has 0 aromatic heterocycles. The molecule has 0 atom stereocenters. The lowest BCUT2D eigenvalue weighted by Gasteiger charge is -2.00. The average molecular weight is 221 g/mol. The van der Waals surface area contributed by atoms with Gasteiger partial charge in [0.2, 0.25) is 5.91 Å². The van der Waals surface area contributed by atoms with E-state index in [9.17, 15) is 14.7 Å². The number of aromatic hydroxyl groups is 1. The van der Waals surface area contributed by atoms with Gasteiger partial charge in [-0.25, -0.2) is 4.79 Å². The lowest BCUT2D eigenvalue weighted by atomic mass is 10.1. The Morgan fingerprint density at radius 3 is 2.62 bits per heavy atom. The first kappa shape index (κ1) is 11.8. The van der Waals surface area contributed by atoms with Crippen molar-refractivity contribution < 1.29 is 19.8 Å². The summed E-state index contributed by atoms with van der Waals surface area (Å²) in [6.07, 6.45) is 3.18. The van der Waals surface area contributed by atoms with E-state index in [1.807, 2.05) is 0 Å². The van der Waals surface area contributed by atoms with E-state index in [-0.39, 0.29) is 17.7 Å². The third-order valence-electron chi connectivity index (χ3n) is 1.88. The molecule has 0 spiro atoms. The average Bonchev–Trinajstić information content (AvgIpc) is 2.19. The molecule has 1 amide bonds. The summed E-state index contributed by atoms with van der Waals surface area (Å²) in [5.74, 6) is -1.96. The highest BCUT2D eigenvalue weighted by molar-refractivity contribution is 5.91. The van der Waals surface area contributed by atoms with E-state index < -0.39 is 11.9 Å². The molecule has 84 valence electrons. The molecule has 16 heavy (non-hydrogen) atoms. The number of rotatable bonds is 4. The lowest BCUT2D eigenvalue weighted by Crippen LogP contribution is -2.07. The number of amides is 1. The number of nitrogens with two attached hydrogens (primary N) is 1. The van der Waals surface area contributed by atoms with Gasteiger partial charge in [-0.15, -0.1) is 0 Å². The maximum Gasteiger partial charge on any atom is 0.339 e. The van der Waals surface area contributed by atoms with Crippen molar-refractivity contribution in [3.63, 3.8) is 0 Å². The fourth-order valence-electron chi connectivity index (χ4n) is 1.14. The maximum atomic E-state index is 10.7. The van der Waals surface area contributed by atoms with Crippen LogP contribution >= 0.6 is 0 Å². The van der Waals surface area contributed by atoms with Crippen LogP contribution in [0.4, 0.5) is 0 Å². The van der Waals surface area contributed by atoms with Crippen molar-refractivity contribution in [2.24, 2.45) is 5.73 Å². The van der Waals surface area contributed by atoms with E-state index in [4.69, 9.17) is 10.8 Å². The van der Waals surface area contributed by atoms with Gasteiger partial charge in [-0.3, -0.25) is 4.79 Å². The fraction of sp³-hybridized carbons (Fsp3) is 0.0909. The Kier molecular flexibility index (Phi) is 3.66. The molecule has 0 bridgehead atoms. The summed E-state index contributed by atoms with van der Waals surface area (Å²) in [6, 6.07) is 4.14. The van der Waals surface area contributed by atoms with Crippen LogP contribution in [0.3, 0.4) is 0 Å². The Bertz CT molecular complexity index is 451. The van der Waals surface area contributed by atoms with Crippen LogP contribution < -0.4 is 5.73 Å². The highest BCUT2D eigenvalue weighted by Gasteiger charge is 2.08. The quantitative estimate of drug-likeness (QED) is 0.705. The SMILES string of the molecule is NC(=O)CC=Cc1ccc(O)c(C(=O)O)c1. The van der Waals surface area contributed by atoms with Crippen LogP contribution in [0, 0.1) is 0 Å². The molecular formula is C11H11NO4. The molecule has 0 heterocycles. The van der Waals surface area contributed by atoms with Gasteiger partial charge >= 0.3 is 5.97 Å². The predicted octanol–water partition coefficient (Wildman–Crippen LogP) is 0.979. The topological polar surface area (TPSA) is 101 Å². The van der Waals surface area contributed by atoms with Gasteiger partial charge in [-0.05, 0) is 17.7 Å². The predicted molar refractivity (Wildman–Crippen MR) is 57.9 cm³/mol. The second-order valence-electron chi connectivity index (χ2n) is 3.15. The number of primary amides is 1. The largest absolute Gasteiger partial charge is 0.507 e. The summed E-state index contributed by atoms with van der Waals surface area (Å²) >= 11 is 0. The van der Waals surface area contributed by atoms with Gasteiger partial charge in [-0.1, -0.05) is 18.2 Å². The van der Waals surface area contributed by atoms with Crippen molar-refractivity contribution in [1.29, 1.82) is 0 Å². The van der Waals surface area contributed by atoms with Crippen molar-refractivity contribution in [2.45, 2.75) is 6.42 Å². The molecule has 0 aliphatic heterocycles. The van der Waals surface area contributed by atoms with Crippen molar-refractivity contribution in [3.05, 3.63) is 35.4 Å². The van der Waals surface area contributed by atoms with Crippen LogP contribution in [0.5, 0.6) is 5.75 Å². The summed E-state index contributed by atoms with van der Waals surface area (Å²) in [7, 11) is 0. The molecule has 0 radical (unpaired) electrons. The fourth-order valence-corrected chi connectivity index (χ4v) is 1.14. The van der Waals surface area contributed by atoms with Crippen LogP contribution in [0.15, 0.2) is 24.3 Å². The Morgan fingerprint density at radius 2 is 2.06 bits per heavy atom. The molecule has 1 aromatic rings. The number of aromatic carboxylic acids is 1. The van der Waals surface area contributed by atoms with E-state index in [2.05, 4.69) is 0 Å². The summed E-state index contributed by atoms with van der Waals surface area (Å²) in [5.41, 5.74) is 5.34. The molecule has 1 aromatic carbocycles. The molecule has 0 saturated heterocycles. The van der Waals surface area contributed by atoms with E-state index in [1.54, 1.807) is 12.1 Å². The standard InChI is InChI=1S/C11H11NO4/c12-10(14)3-1-2-7-4-5-9(13)8(6-7)11(15)16/h1-2,4-6,13H,3H2,(H2,12,14)(H,15,16). The second-order valence-corrected chi connectivity index (χ2v) is 3.15. The van der Waals surface area contributed by atoms with E-state index >= 15 is 0 Å². The molecule has 4 N–H and O–H groups in total. The van der Waals surface area contributed by atoms with Crippen LogP contribution in [-0.2, 0) is 4.79 Å². The van der Waals surface area contributed by atoms with Crippen molar-refractivity contribution in [2.75, 3.05) is 0 Å². The zero-order chi connectivity index (χ0) is 12.1. The van der Waals surface area contributed by atoms with Gasteiger partial charge in [0.1, 0.15) is 11.3 Å². The molecule has 0 saturated carbocycles. The zero-order valence-electron chi connectivity index (χ0n) is 8.38. The minimum atomic E-state index is -1.21. The van der Waals surface area contributed by atoms with E-state index in [1.165, 1.54) is 18.2 Å². The minimum Gasteiger partial charge on any atom is -0.507 e. The number of carboxylic acid groups (broad SMARTS) is 1. The van der Waals surface area contributed by atoms with Crippen molar-refractivity contribution in [1.82, 2.24) is 0 Å². The Hall–Kier alpha value is -2.30. The first-order chi connectivity index (χ1) is 7.50. The molecule has 0 aliphatic carbocycles. The first-order valence-electron chi connectivity index (χ1n) is 4.52. The minimum absolute atomic E-state index is 0.0866. The third kappa shape index (κ3) is 3.13. The summed E-state index contributed by atoms with van der Waals surface area (Å²) in [4.78, 5) is 21.2. The van der Waals surface area contributed by atoms with Gasteiger partial charge in [0.25, 0.3) is 0 Å². The molecule has 0 fully saturated rings. The van der Waals surface area contributed by atoms with Crippen LogP contribution in [-0.4, -0.2) is 22.1 Å². The van der Waals surface area contributed by atoms with Crippen LogP contribution in [0.2, 0.25) is 0 Å². The second kappa shape index (κ2) is 4.97. The monoisotopic (exact) mass is 221 g/mol. The number of benzene rings is 1. The van der Waals surface area contributed by atoms with Gasteiger partial charge in [0.15, 0.2) is 0 Å². The lowest BCUT2D eigenvalue weighted by molar-refractivity contribution is -0.117. The van der Waals surface area contributed by atoms with Gasteiger partial charge in [-0.2, -0.15) is 0 Å². The molecule has 1 rings (SSSR count). The molecule has 5 heteroatoms. The van der Waals surface area contributed by atoms with E-state index in [0.717, 1.165) is 0 Å². The molecular weight excluding hydrogens is 210 g/mol. The van der Waals surface area contributed by atoms with E-state index in [0.29, 0.717) is 5.56 Å². The number of hydrogen-bond acceptors (Lipinski definition) is 3. The number of carbonyl (C=O) groups is 2. The van der Waals surface area contributed by atoms with Crippen molar-refractivity contribution >= 4 is 18.0 Å². The Balaban J connectivity index is 2.91. The summed E-state index contributed by atoms with van der Waals surface area (Å²) in [5, 5.41) is 18.0. The Labute approximate surface area is 91.8 Å². The Morgan fingerprint density at radius 1 is 1.38 bits per heavy atom. The third-order valence-corrected chi connectivity index (χ3v) is 1.88.